The monoisotopic (exact) mass is 547 g/mol. The summed E-state index contributed by atoms with van der Waals surface area (Å²) in [4.78, 5) is 42.6. The number of hydrogen-bond donors (Lipinski definition) is 4. The number of hydrogen-bond acceptors (Lipinski definition) is 5. The number of aliphatic hydroxyl groups is 1. The van der Waals surface area contributed by atoms with Gasteiger partial charge in [0.15, 0.2) is 0 Å². The molecule has 0 fully saturated rings. The fraction of sp³-hybridized carbons (Fsp3) is 0.700. The Morgan fingerprint density at radius 2 is 1.62 bits per heavy atom. The Morgan fingerprint density at radius 1 is 1.00 bits per heavy atom. The third-order valence-electron chi connectivity index (χ3n) is 6.52. The largest absolute Gasteiger partial charge is 0.389 e. The van der Waals surface area contributed by atoms with E-state index in [1.165, 1.54) is 0 Å². The van der Waals surface area contributed by atoms with E-state index >= 15 is 0 Å². The first-order valence-corrected chi connectivity index (χ1v) is 14.2. The van der Waals surface area contributed by atoms with Gasteiger partial charge in [0.25, 0.3) is 0 Å². The van der Waals surface area contributed by atoms with Crippen LogP contribution in [-0.4, -0.2) is 90.2 Å². The minimum atomic E-state index is -1.03. The molecule has 1 rings (SSSR count). The molecule has 4 atom stereocenters. The summed E-state index contributed by atoms with van der Waals surface area (Å²) in [5.74, 6) is -0.302. The Hall–Kier alpha value is -2.65. The molecule has 0 saturated carbocycles. The lowest BCUT2D eigenvalue weighted by atomic mass is 9.96. The van der Waals surface area contributed by atoms with Crippen LogP contribution >= 0.6 is 0 Å². The molecule has 1 aromatic rings. The van der Waals surface area contributed by atoms with E-state index in [9.17, 15) is 19.5 Å². The standard InChI is InChI=1S/C30H53N5O4/c1-10-22(4)27(32-26(37)20-34(8)9)28(38)31-24(18-23-14-12-11-13-15-23)25(36)19-35(17-16-21(2)3)29(39)33-30(5,6)7/h11-15,21-22,24-25,27,36H,10,16-20H2,1-9H3,(H,31,38)(H,32,37)(H,33,39)/t22-,24-,25+,27-/m0/s1. The maximum Gasteiger partial charge on any atom is 0.317 e. The van der Waals surface area contributed by atoms with Crippen LogP contribution in [0.4, 0.5) is 4.79 Å². The molecule has 0 radical (unpaired) electrons. The smallest absolute Gasteiger partial charge is 0.317 e. The van der Waals surface area contributed by atoms with Crippen molar-refractivity contribution in [3.8, 4) is 0 Å². The zero-order valence-electron chi connectivity index (χ0n) is 25.6. The molecule has 39 heavy (non-hydrogen) atoms. The van der Waals surface area contributed by atoms with Crippen molar-refractivity contribution in [1.29, 1.82) is 0 Å². The Bertz CT molecular complexity index is 885. The number of likely N-dealkylation sites (N-methyl/N-ethyl adjacent to an activating group) is 1. The highest BCUT2D eigenvalue weighted by molar-refractivity contribution is 5.88. The fourth-order valence-corrected chi connectivity index (χ4v) is 4.07. The first-order chi connectivity index (χ1) is 18.1. The summed E-state index contributed by atoms with van der Waals surface area (Å²) in [5, 5.41) is 20.3. The van der Waals surface area contributed by atoms with Gasteiger partial charge in [-0.15, -0.1) is 0 Å². The van der Waals surface area contributed by atoms with Gasteiger partial charge in [-0.25, -0.2) is 4.79 Å². The van der Waals surface area contributed by atoms with E-state index in [-0.39, 0.29) is 36.9 Å². The molecule has 4 amide bonds. The zero-order valence-corrected chi connectivity index (χ0v) is 25.6. The first-order valence-electron chi connectivity index (χ1n) is 14.2. The molecule has 9 nitrogen and oxygen atoms in total. The fourth-order valence-electron chi connectivity index (χ4n) is 4.07. The average molecular weight is 548 g/mol. The first kappa shape index (κ1) is 34.4. The maximum absolute atomic E-state index is 13.5. The molecule has 0 aromatic heterocycles. The average Bonchev–Trinajstić information content (AvgIpc) is 2.82. The van der Waals surface area contributed by atoms with Gasteiger partial charge < -0.3 is 30.9 Å². The van der Waals surface area contributed by atoms with Gasteiger partial charge in [-0.2, -0.15) is 0 Å². The Morgan fingerprint density at radius 3 is 2.13 bits per heavy atom. The number of carbonyl (C=O) groups excluding carboxylic acids is 3. The third-order valence-corrected chi connectivity index (χ3v) is 6.52. The van der Waals surface area contributed by atoms with Crippen molar-refractivity contribution in [3.63, 3.8) is 0 Å². The van der Waals surface area contributed by atoms with Gasteiger partial charge in [-0.05, 0) is 65.1 Å². The summed E-state index contributed by atoms with van der Waals surface area (Å²) in [6, 6.07) is 7.97. The summed E-state index contributed by atoms with van der Waals surface area (Å²) >= 11 is 0. The van der Waals surface area contributed by atoms with Crippen LogP contribution in [0.5, 0.6) is 0 Å². The number of nitrogens with zero attached hydrogens (tertiary/aromatic N) is 2. The molecule has 0 saturated heterocycles. The highest BCUT2D eigenvalue weighted by Gasteiger charge is 2.32. The molecule has 0 bridgehead atoms. The van der Waals surface area contributed by atoms with Crippen molar-refractivity contribution in [3.05, 3.63) is 35.9 Å². The van der Waals surface area contributed by atoms with Crippen LogP contribution in [0, 0.1) is 11.8 Å². The summed E-state index contributed by atoms with van der Waals surface area (Å²) in [6.07, 6.45) is 0.837. The predicted molar refractivity (Wildman–Crippen MR) is 157 cm³/mol. The summed E-state index contributed by atoms with van der Waals surface area (Å²) in [5.41, 5.74) is 0.524. The van der Waals surface area contributed by atoms with Crippen molar-refractivity contribution in [1.82, 2.24) is 25.8 Å². The van der Waals surface area contributed by atoms with E-state index < -0.39 is 23.7 Å². The minimum Gasteiger partial charge on any atom is -0.389 e. The normalized spacial score (nSPS) is 14.9. The minimum absolute atomic E-state index is 0.0629. The molecule has 0 aliphatic heterocycles. The molecule has 9 heteroatoms. The Balaban J connectivity index is 3.21. The van der Waals surface area contributed by atoms with Crippen LogP contribution in [0.2, 0.25) is 0 Å². The second-order valence-corrected chi connectivity index (χ2v) is 12.3. The Labute approximate surface area is 236 Å². The van der Waals surface area contributed by atoms with Crippen molar-refractivity contribution in [2.24, 2.45) is 11.8 Å². The van der Waals surface area contributed by atoms with Crippen LogP contribution in [0.3, 0.4) is 0 Å². The molecule has 0 spiro atoms. The number of urea groups is 1. The lowest BCUT2D eigenvalue weighted by Crippen LogP contribution is -2.58. The van der Waals surface area contributed by atoms with Gasteiger partial charge in [0.05, 0.1) is 25.2 Å². The second-order valence-electron chi connectivity index (χ2n) is 12.3. The molecular formula is C30H53N5O4. The highest BCUT2D eigenvalue weighted by Crippen LogP contribution is 2.14. The molecule has 222 valence electrons. The SMILES string of the molecule is CC[C@H](C)[C@H](NC(=O)CN(C)C)C(=O)N[C@@H](Cc1ccccc1)[C@H](O)CN(CCC(C)C)C(=O)NC(C)(C)C. The summed E-state index contributed by atoms with van der Waals surface area (Å²) in [6.45, 7) is 14.5. The third kappa shape index (κ3) is 13.8. The van der Waals surface area contributed by atoms with Crippen LogP contribution in [0.15, 0.2) is 30.3 Å². The van der Waals surface area contributed by atoms with Gasteiger partial charge in [0, 0.05) is 12.1 Å². The topological polar surface area (TPSA) is 114 Å². The predicted octanol–water partition coefficient (Wildman–Crippen LogP) is 3.02. The van der Waals surface area contributed by atoms with Crippen LogP contribution in [0.1, 0.15) is 66.9 Å². The van der Waals surface area contributed by atoms with Gasteiger partial charge in [0.2, 0.25) is 11.8 Å². The lowest BCUT2D eigenvalue weighted by molar-refractivity contribution is -0.131. The highest BCUT2D eigenvalue weighted by atomic mass is 16.3. The van der Waals surface area contributed by atoms with E-state index in [2.05, 4.69) is 29.8 Å². The number of amides is 4. The van der Waals surface area contributed by atoms with Crippen LogP contribution in [0.25, 0.3) is 0 Å². The van der Waals surface area contributed by atoms with E-state index in [4.69, 9.17) is 0 Å². The molecule has 0 aliphatic rings. The number of aliphatic hydroxyl groups excluding tert-OH is 1. The van der Waals surface area contributed by atoms with Crippen molar-refractivity contribution in [2.75, 3.05) is 33.7 Å². The maximum atomic E-state index is 13.5. The van der Waals surface area contributed by atoms with Gasteiger partial charge in [0.1, 0.15) is 6.04 Å². The van der Waals surface area contributed by atoms with Crippen molar-refractivity contribution in [2.45, 2.75) is 91.5 Å². The number of benzene rings is 1. The van der Waals surface area contributed by atoms with Crippen molar-refractivity contribution < 1.29 is 19.5 Å². The number of rotatable bonds is 15. The van der Waals surface area contributed by atoms with E-state index in [0.29, 0.717) is 25.3 Å². The van der Waals surface area contributed by atoms with Crippen LogP contribution < -0.4 is 16.0 Å². The molecule has 4 N–H and O–H groups in total. The van der Waals surface area contributed by atoms with E-state index in [0.717, 1.165) is 12.0 Å². The van der Waals surface area contributed by atoms with Crippen molar-refractivity contribution >= 4 is 17.8 Å². The Kier molecular flexibility index (Phi) is 14.5. The molecule has 1 aromatic carbocycles. The molecule has 0 aliphatic carbocycles. The van der Waals surface area contributed by atoms with Crippen LogP contribution in [-0.2, 0) is 16.0 Å². The van der Waals surface area contributed by atoms with E-state index in [1.54, 1.807) is 23.9 Å². The molecule has 0 heterocycles. The second kappa shape index (κ2) is 16.5. The molecular weight excluding hydrogens is 494 g/mol. The quantitative estimate of drug-likeness (QED) is 0.270. The zero-order chi connectivity index (χ0) is 29.8. The van der Waals surface area contributed by atoms with Gasteiger partial charge in [-0.1, -0.05) is 64.4 Å². The van der Waals surface area contributed by atoms with Gasteiger partial charge in [-0.3, -0.25) is 9.59 Å². The lowest BCUT2D eigenvalue weighted by Gasteiger charge is -2.34. The van der Waals surface area contributed by atoms with Gasteiger partial charge >= 0.3 is 6.03 Å². The summed E-state index contributed by atoms with van der Waals surface area (Å²) < 4.78 is 0. The number of nitrogens with one attached hydrogen (secondary N) is 3. The van der Waals surface area contributed by atoms with E-state index in [1.807, 2.05) is 65.0 Å². The molecule has 0 unspecified atom stereocenters. The number of carbonyl (C=O) groups is 3. The summed E-state index contributed by atoms with van der Waals surface area (Å²) in [7, 11) is 3.59.